The maximum Gasteiger partial charge on any atom is 0.257 e. The predicted molar refractivity (Wildman–Crippen MR) is 125 cm³/mol. The summed E-state index contributed by atoms with van der Waals surface area (Å²) in [7, 11) is 0. The molecular formula is C25H30N6O2. The summed E-state index contributed by atoms with van der Waals surface area (Å²) in [5.74, 6) is 1.51. The van der Waals surface area contributed by atoms with Crippen LogP contribution in [0.15, 0.2) is 30.5 Å². The molecule has 2 saturated heterocycles. The van der Waals surface area contributed by atoms with E-state index in [0.29, 0.717) is 23.6 Å². The van der Waals surface area contributed by atoms with Crippen molar-refractivity contribution < 1.29 is 9.59 Å². The Kier molecular flexibility index (Phi) is 5.83. The normalized spacial score (nSPS) is 18.8. The van der Waals surface area contributed by atoms with Gasteiger partial charge >= 0.3 is 0 Å². The van der Waals surface area contributed by atoms with Gasteiger partial charge in [-0.3, -0.25) is 9.59 Å². The van der Waals surface area contributed by atoms with Crippen LogP contribution < -0.4 is 0 Å². The second kappa shape index (κ2) is 8.92. The monoisotopic (exact) mass is 446 g/mol. The summed E-state index contributed by atoms with van der Waals surface area (Å²) < 4.78 is 1.97. The van der Waals surface area contributed by atoms with E-state index < -0.39 is 0 Å². The first-order valence-corrected chi connectivity index (χ1v) is 11.9. The lowest BCUT2D eigenvalue weighted by molar-refractivity contribution is -0.132. The fourth-order valence-corrected chi connectivity index (χ4v) is 5.08. The summed E-state index contributed by atoms with van der Waals surface area (Å²) in [5, 5.41) is 0. The van der Waals surface area contributed by atoms with Gasteiger partial charge in [0.2, 0.25) is 5.91 Å². The van der Waals surface area contributed by atoms with Crippen LogP contribution in [0.4, 0.5) is 0 Å². The van der Waals surface area contributed by atoms with Crippen LogP contribution in [-0.4, -0.2) is 60.8 Å². The number of carbonyl (C=O) groups excluding carboxylic acids is 2. The zero-order chi connectivity index (χ0) is 22.9. The van der Waals surface area contributed by atoms with Gasteiger partial charge < -0.3 is 14.4 Å². The lowest BCUT2D eigenvalue weighted by atomic mass is 10.1. The minimum Gasteiger partial charge on any atom is -0.339 e. The molecule has 4 heterocycles. The molecule has 8 nitrogen and oxygen atoms in total. The number of likely N-dealkylation sites (tertiary alicyclic amines) is 2. The molecule has 2 aliphatic rings. The van der Waals surface area contributed by atoms with Gasteiger partial charge in [0.1, 0.15) is 12.4 Å². The van der Waals surface area contributed by atoms with E-state index in [0.717, 1.165) is 55.6 Å². The second-order valence-electron chi connectivity index (χ2n) is 9.06. The maximum atomic E-state index is 13.3. The van der Waals surface area contributed by atoms with Gasteiger partial charge in [-0.15, -0.1) is 0 Å². The summed E-state index contributed by atoms with van der Waals surface area (Å²) >= 11 is 0. The number of fused-ring (bicyclic) bond motifs is 1. The molecule has 0 bridgehead atoms. The van der Waals surface area contributed by atoms with E-state index in [1.54, 1.807) is 6.20 Å². The van der Waals surface area contributed by atoms with Crippen molar-refractivity contribution in [2.75, 3.05) is 19.6 Å². The number of benzene rings is 1. The summed E-state index contributed by atoms with van der Waals surface area (Å²) in [6, 6.07) is 7.72. The van der Waals surface area contributed by atoms with Crippen molar-refractivity contribution in [2.24, 2.45) is 0 Å². The average molecular weight is 447 g/mol. The molecule has 3 aromatic rings. The van der Waals surface area contributed by atoms with E-state index in [1.165, 1.54) is 6.42 Å². The van der Waals surface area contributed by atoms with Gasteiger partial charge in [0.25, 0.3) is 5.91 Å². The van der Waals surface area contributed by atoms with Crippen molar-refractivity contribution in [3.63, 3.8) is 0 Å². The molecule has 172 valence electrons. The van der Waals surface area contributed by atoms with E-state index in [1.807, 2.05) is 52.5 Å². The molecule has 8 heteroatoms. The SMILES string of the molecule is Cc1nc([C@H]2CCCN2C(=O)Cn2c(C)nc3ccccc32)ncc1C(=O)N1CCCCC1. The van der Waals surface area contributed by atoms with E-state index in [9.17, 15) is 9.59 Å². The second-order valence-corrected chi connectivity index (χ2v) is 9.06. The highest BCUT2D eigenvalue weighted by Gasteiger charge is 2.33. The number of para-hydroxylation sites is 2. The average Bonchev–Trinajstić information content (AvgIpc) is 3.44. The quantitative estimate of drug-likeness (QED) is 0.613. The molecule has 2 fully saturated rings. The fourth-order valence-electron chi connectivity index (χ4n) is 5.08. The first-order valence-electron chi connectivity index (χ1n) is 11.9. The molecule has 33 heavy (non-hydrogen) atoms. The van der Waals surface area contributed by atoms with E-state index in [4.69, 9.17) is 4.98 Å². The van der Waals surface area contributed by atoms with Crippen molar-refractivity contribution in [1.29, 1.82) is 0 Å². The summed E-state index contributed by atoms with van der Waals surface area (Å²) in [4.78, 5) is 43.9. The molecule has 5 rings (SSSR count). The summed E-state index contributed by atoms with van der Waals surface area (Å²) in [6.45, 7) is 6.32. The molecule has 0 saturated carbocycles. The number of aryl methyl sites for hydroxylation is 2. The van der Waals surface area contributed by atoms with Gasteiger partial charge in [-0.2, -0.15) is 0 Å². The Morgan fingerprint density at radius 1 is 1.00 bits per heavy atom. The van der Waals surface area contributed by atoms with Crippen LogP contribution in [0.1, 0.15) is 65.8 Å². The van der Waals surface area contributed by atoms with Gasteiger partial charge in [-0.05, 0) is 58.1 Å². The minimum absolute atomic E-state index is 0.0144. The largest absolute Gasteiger partial charge is 0.339 e. The van der Waals surface area contributed by atoms with Crippen LogP contribution in [0.2, 0.25) is 0 Å². The highest BCUT2D eigenvalue weighted by atomic mass is 16.2. The topological polar surface area (TPSA) is 84.2 Å². The molecule has 0 unspecified atom stereocenters. The van der Waals surface area contributed by atoms with Crippen molar-refractivity contribution in [1.82, 2.24) is 29.3 Å². The van der Waals surface area contributed by atoms with Crippen molar-refractivity contribution >= 4 is 22.8 Å². The Morgan fingerprint density at radius 2 is 1.79 bits per heavy atom. The number of nitrogens with zero attached hydrogens (tertiary/aromatic N) is 6. The third-order valence-corrected chi connectivity index (χ3v) is 6.88. The zero-order valence-electron chi connectivity index (χ0n) is 19.3. The Bertz CT molecular complexity index is 1200. The third kappa shape index (κ3) is 4.10. The number of aromatic nitrogens is 4. The zero-order valence-corrected chi connectivity index (χ0v) is 19.3. The summed E-state index contributed by atoms with van der Waals surface area (Å²) in [5.41, 5.74) is 3.11. The van der Waals surface area contributed by atoms with Crippen molar-refractivity contribution in [3.05, 3.63) is 53.4 Å². The number of amides is 2. The van der Waals surface area contributed by atoms with Gasteiger partial charge in [0.15, 0.2) is 5.82 Å². The number of imidazole rings is 1. The molecule has 1 aromatic carbocycles. The number of carbonyl (C=O) groups is 2. The Labute approximate surface area is 193 Å². The molecule has 0 radical (unpaired) electrons. The predicted octanol–water partition coefficient (Wildman–Crippen LogP) is 3.43. The lowest BCUT2D eigenvalue weighted by Crippen LogP contribution is -2.36. The van der Waals surface area contributed by atoms with Gasteiger partial charge in [0, 0.05) is 25.8 Å². The van der Waals surface area contributed by atoms with E-state index in [-0.39, 0.29) is 24.4 Å². The number of piperidine rings is 1. The summed E-state index contributed by atoms with van der Waals surface area (Å²) in [6.07, 6.45) is 6.68. The lowest BCUT2D eigenvalue weighted by Gasteiger charge is -2.27. The highest BCUT2D eigenvalue weighted by Crippen LogP contribution is 2.31. The van der Waals surface area contributed by atoms with Crippen molar-refractivity contribution in [3.8, 4) is 0 Å². The number of hydrogen-bond donors (Lipinski definition) is 0. The standard InChI is InChI=1S/C25H30N6O2/c1-17-19(25(33)29-12-6-3-7-13-29)15-26-24(27-17)22-11-8-14-30(22)23(32)16-31-18(2)28-20-9-4-5-10-21(20)31/h4-5,9-10,15,22H,3,6-8,11-14,16H2,1-2H3/t22-/m1/s1. The van der Waals surface area contributed by atoms with E-state index >= 15 is 0 Å². The molecule has 0 aliphatic carbocycles. The van der Waals surface area contributed by atoms with Crippen LogP contribution in [0.25, 0.3) is 11.0 Å². The molecule has 0 spiro atoms. The van der Waals surface area contributed by atoms with Gasteiger partial charge in [0.05, 0.1) is 28.3 Å². The molecular weight excluding hydrogens is 416 g/mol. The van der Waals surface area contributed by atoms with Crippen LogP contribution in [0.3, 0.4) is 0 Å². The first-order chi connectivity index (χ1) is 16.0. The van der Waals surface area contributed by atoms with Crippen molar-refractivity contribution in [2.45, 2.75) is 58.5 Å². The van der Waals surface area contributed by atoms with Crippen LogP contribution in [0.5, 0.6) is 0 Å². The smallest absolute Gasteiger partial charge is 0.257 e. The Morgan fingerprint density at radius 3 is 2.58 bits per heavy atom. The van der Waals surface area contributed by atoms with E-state index in [2.05, 4.69) is 9.97 Å². The third-order valence-electron chi connectivity index (χ3n) is 6.88. The van der Waals surface area contributed by atoms with Gasteiger partial charge in [-0.25, -0.2) is 15.0 Å². The molecule has 0 N–H and O–H groups in total. The van der Waals surface area contributed by atoms with Crippen LogP contribution in [-0.2, 0) is 11.3 Å². The minimum atomic E-state index is -0.162. The van der Waals surface area contributed by atoms with Gasteiger partial charge in [-0.1, -0.05) is 12.1 Å². The maximum absolute atomic E-state index is 13.3. The molecule has 2 aromatic heterocycles. The highest BCUT2D eigenvalue weighted by molar-refractivity contribution is 5.95. The van der Waals surface area contributed by atoms with Crippen LogP contribution >= 0.6 is 0 Å². The molecule has 2 amide bonds. The fraction of sp³-hybridized carbons (Fsp3) is 0.480. The Balaban J connectivity index is 1.35. The number of rotatable bonds is 4. The molecule has 1 atom stereocenters. The number of hydrogen-bond acceptors (Lipinski definition) is 5. The molecule has 2 aliphatic heterocycles. The Hall–Kier alpha value is -3.29. The first kappa shape index (κ1) is 21.6. The van der Waals surface area contributed by atoms with Crippen LogP contribution in [0, 0.1) is 13.8 Å².